The van der Waals surface area contributed by atoms with Crippen LogP contribution in [0, 0.1) is 23.0 Å². The van der Waals surface area contributed by atoms with Gasteiger partial charge in [-0.2, -0.15) is 0 Å². The van der Waals surface area contributed by atoms with E-state index < -0.39 is 46.4 Å². The Balaban J connectivity index is 1.04. The number of hydrogen-bond acceptors (Lipinski definition) is 18. The molecule has 2 unspecified atom stereocenters. The van der Waals surface area contributed by atoms with Crippen molar-refractivity contribution in [3.05, 3.63) is 181 Å². The first-order chi connectivity index (χ1) is 44.3. The first-order valence-electron chi connectivity index (χ1n) is 30.6. The van der Waals surface area contributed by atoms with Gasteiger partial charge in [0.1, 0.15) is 17.8 Å². The number of azide groups is 1. The van der Waals surface area contributed by atoms with Crippen LogP contribution in [0.3, 0.4) is 0 Å². The summed E-state index contributed by atoms with van der Waals surface area (Å²) in [6.07, 6.45) is -0.130. The average molecular weight is 1270 g/mol. The molecule has 0 aromatic heterocycles. The lowest BCUT2D eigenvalue weighted by atomic mass is 9.76. The molecule has 0 bridgehead atoms. The largest absolute Gasteiger partial charge is 0.511 e. The molecule has 2 atom stereocenters. The smallest absolute Gasteiger partial charge is 0.449 e. The van der Waals surface area contributed by atoms with Crippen molar-refractivity contribution < 1.29 is 76.6 Å². The highest BCUT2D eigenvalue weighted by atomic mass is 16.7. The van der Waals surface area contributed by atoms with Crippen LogP contribution < -0.4 is 26.0 Å². The average Bonchev–Trinajstić information content (AvgIpc) is 0.821. The van der Waals surface area contributed by atoms with Crippen LogP contribution in [0.4, 0.5) is 16.2 Å². The number of rotatable bonds is 49. The lowest BCUT2D eigenvalue weighted by molar-refractivity contribution is -0.384. The van der Waals surface area contributed by atoms with Crippen molar-refractivity contribution in [1.29, 1.82) is 0 Å². The summed E-state index contributed by atoms with van der Waals surface area (Å²) >= 11 is 0. The molecule has 0 saturated heterocycles. The zero-order valence-electron chi connectivity index (χ0n) is 52.3. The molecule has 0 aliphatic heterocycles. The van der Waals surface area contributed by atoms with Crippen molar-refractivity contribution in [2.45, 2.75) is 70.5 Å². The Kier molecular flexibility index (Phi) is 35.5. The second-order valence-corrected chi connectivity index (χ2v) is 21.1. The second kappa shape index (κ2) is 43.7. The number of nitrogens with one attached hydrogen (secondary N) is 4. The summed E-state index contributed by atoms with van der Waals surface area (Å²) in [6.45, 7) is 13.3. The fourth-order valence-electron chi connectivity index (χ4n) is 9.39. The van der Waals surface area contributed by atoms with Crippen LogP contribution in [0.2, 0.25) is 0 Å². The molecule has 0 radical (unpaired) electrons. The quantitative estimate of drug-likeness (QED) is 0.00280. The molecule has 494 valence electrons. The topological polar surface area (TPSA) is 321 Å². The number of carboxylic acid groups (broad SMARTS) is 1. The molecule has 3 amide bonds. The van der Waals surface area contributed by atoms with Gasteiger partial charge in [-0.3, -0.25) is 29.8 Å². The maximum Gasteiger partial charge on any atom is 0.511 e. The van der Waals surface area contributed by atoms with E-state index in [4.69, 9.17) is 52.9 Å². The van der Waals surface area contributed by atoms with Crippen LogP contribution in [0.1, 0.15) is 72.9 Å². The van der Waals surface area contributed by atoms with Crippen molar-refractivity contribution >= 4 is 35.3 Å². The summed E-state index contributed by atoms with van der Waals surface area (Å²) in [4.78, 5) is 66.8. The summed E-state index contributed by atoms with van der Waals surface area (Å²) in [6, 6.07) is 37.2. The molecule has 0 aliphatic rings. The molecule has 91 heavy (non-hydrogen) atoms. The van der Waals surface area contributed by atoms with Gasteiger partial charge in [0.2, 0.25) is 17.7 Å². The molecule has 25 heteroatoms. The van der Waals surface area contributed by atoms with Crippen LogP contribution in [0.5, 0.6) is 5.75 Å². The zero-order chi connectivity index (χ0) is 65.2. The standard InChI is InChI=1S/C66H88N8O17/c1-50(2)62(72-61(75)27-30-82-32-34-84-36-38-86-40-42-88-44-46-90-47-45-89-43-41-87-39-37-85-35-33-83-31-29-69-73-67)64(77)71-59(63(76)70-57-23-19-52(20-24-57)48-53-49-58(74(80)81)25-26-60(53)91-65(78)79)16-10-11-28-68-66(54-12-6-4-7-13-54,55-14-8-5-9-15-55)56-21-17-51(3)18-22-56/h4-9,12-15,17-26,49-50,59,62,68H,10-11,16,27-48H2,1-3H3,(H,70,76)(H,71,77)(H,72,75)(H,78,79). The van der Waals surface area contributed by atoms with Crippen LogP contribution in [-0.4, -0.2) is 178 Å². The van der Waals surface area contributed by atoms with Gasteiger partial charge >= 0.3 is 6.16 Å². The third-order valence-electron chi connectivity index (χ3n) is 14.0. The van der Waals surface area contributed by atoms with Crippen molar-refractivity contribution in [3.8, 4) is 5.75 Å². The number of unbranched alkanes of at least 4 members (excludes halogenated alkanes) is 1. The number of nitrogens with zero attached hydrogens (tertiary/aromatic N) is 4. The minimum atomic E-state index is -1.57. The van der Waals surface area contributed by atoms with Gasteiger partial charge in [0.15, 0.2) is 0 Å². The van der Waals surface area contributed by atoms with Gasteiger partial charge in [0.05, 0.1) is 129 Å². The molecule has 5 rings (SSSR count). The van der Waals surface area contributed by atoms with E-state index in [1.54, 1.807) is 38.1 Å². The lowest BCUT2D eigenvalue weighted by Gasteiger charge is -2.37. The van der Waals surface area contributed by atoms with Gasteiger partial charge in [0.25, 0.3) is 5.69 Å². The number of amides is 3. The van der Waals surface area contributed by atoms with Gasteiger partial charge in [-0.1, -0.05) is 122 Å². The Morgan fingerprint density at radius 1 is 0.604 bits per heavy atom. The minimum Gasteiger partial charge on any atom is -0.449 e. The summed E-state index contributed by atoms with van der Waals surface area (Å²) in [5.74, 6) is -1.83. The van der Waals surface area contributed by atoms with Crippen molar-refractivity contribution in [3.63, 3.8) is 0 Å². The van der Waals surface area contributed by atoms with E-state index in [0.717, 1.165) is 28.3 Å². The molecule has 25 nitrogen and oxygen atoms in total. The van der Waals surface area contributed by atoms with Gasteiger partial charge < -0.3 is 68.4 Å². The number of carbonyl (C=O) groups excluding carboxylic acids is 3. The molecule has 5 N–H and O–H groups in total. The Labute approximate surface area is 531 Å². The minimum absolute atomic E-state index is 0.0219. The van der Waals surface area contributed by atoms with Gasteiger partial charge in [-0.05, 0) is 84.6 Å². The SMILES string of the molecule is Cc1ccc(C(NCCCCC(NC(=O)C(NC(=O)CCOCCOCCOCCOCCOCCOCCOCCOCCOCCN=[N+]=[N-])C(C)C)C(=O)Nc2ccc(Cc3cc([N+](=O)[O-])ccc3OC(=O)O)cc2)(c2ccccc2)c2ccccc2)cc1. The number of aryl methyl sites for hydroxylation is 1. The summed E-state index contributed by atoms with van der Waals surface area (Å²) < 4.78 is 54.3. The van der Waals surface area contributed by atoms with Gasteiger partial charge in [-0.25, -0.2) is 4.79 Å². The van der Waals surface area contributed by atoms with Crippen molar-refractivity contribution in [2.24, 2.45) is 11.0 Å². The normalized spacial score (nSPS) is 12.0. The molecule has 0 heterocycles. The number of carbonyl (C=O) groups is 4. The van der Waals surface area contributed by atoms with E-state index in [1.807, 2.05) is 36.4 Å². The first-order valence-corrected chi connectivity index (χ1v) is 30.6. The van der Waals surface area contributed by atoms with E-state index >= 15 is 0 Å². The fourth-order valence-corrected chi connectivity index (χ4v) is 9.39. The third-order valence-corrected chi connectivity index (χ3v) is 14.0. The maximum atomic E-state index is 14.3. The van der Waals surface area contributed by atoms with Gasteiger partial charge in [0, 0.05) is 47.7 Å². The van der Waals surface area contributed by atoms with Crippen molar-refractivity contribution in [2.75, 3.05) is 137 Å². The molecule has 5 aromatic rings. The number of benzene rings is 5. The maximum absolute atomic E-state index is 14.3. The number of hydrogen-bond donors (Lipinski definition) is 5. The Morgan fingerprint density at radius 3 is 1.56 bits per heavy atom. The van der Waals surface area contributed by atoms with Crippen LogP contribution in [0.25, 0.3) is 10.4 Å². The molecule has 0 saturated carbocycles. The Morgan fingerprint density at radius 2 is 1.09 bits per heavy atom. The highest BCUT2D eigenvalue weighted by Crippen LogP contribution is 2.37. The van der Waals surface area contributed by atoms with Crippen LogP contribution in [-0.2, 0) is 69.0 Å². The number of ether oxygens (including phenoxy) is 10. The van der Waals surface area contributed by atoms with E-state index in [0.29, 0.717) is 136 Å². The highest BCUT2D eigenvalue weighted by molar-refractivity contribution is 5.98. The Hall–Kier alpha value is -7.91. The van der Waals surface area contributed by atoms with Crippen LogP contribution in [0.15, 0.2) is 133 Å². The number of non-ortho nitro benzene ring substituents is 1. The summed E-state index contributed by atoms with van der Waals surface area (Å²) in [5.41, 5.74) is 12.9. The lowest BCUT2D eigenvalue weighted by Crippen LogP contribution is -2.54. The Bertz CT molecular complexity index is 2900. The molecule has 5 aromatic carbocycles. The fraction of sp³-hybridized carbons (Fsp3) is 0.485. The molecule has 0 aliphatic carbocycles. The summed E-state index contributed by atoms with van der Waals surface area (Å²) in [7, 11) is 0. The zero-order valence-corrected chi connectivity index (χ0v) is 52.3. The van der Waals surface area contributed by atoms with E-state index in [2.05, 4.69) is 86.7 Å². The molecular weight excluding hydrogens is 1180 g/mol. The molecular formula is C66H88N8O17. The van der Waals surface area contributed by atoms with E-state index in [-0.39, 0.29) is 62.0 Å². The number of anilines is 1. The second-order valence-electron chi connectivity index (χ2n) is 21.1. The predicted molar refractivity (Wildman–Crippen MR) is 340 cm³/mol. The highest BCUT2D eigenvalue weighted by Gasteiger charge is 2.36. The van der Waals surface area contributed by atoms with E-state index in [1.165, 1.54) is 12.1 Å². The molecule has 0 fully saturated rings. The van der Waals surface area contributed by atoms with E-state index in [9.17, 15) is 34.4 Å². The predicted octanol–water partition coefficient (Wildman–Crippen LogP) is 8.72. The third kappa shape index (κ3) is 28.4. The summed E-state index contributed by atoms with van der Waals surface area (Å²) in [5, 5.41) is 36.8. The number of nitro benzene ring substituents is 1. The van der Waals surface area contributed by atoms with Gasteiger partial charge in [-0.15, -0.1) is 0 Å². The monoisotopic (exact) mass is 1260 g/mol. The first kappa shape index (κ1) is 73.8. The molecule has 0 spiro atoms. The number of nitro groups is 1. The van der Waals surface area contributed by atoms with Crippen molar-refractivity contribution in [1.82, 2.24) is 16.0 Å². The van der Waals surface area contributed by atoms with Crippen LogP contribution >= 0.6 is 0 Å².